The minimum atomic E-state index is 0.267. The third-order valence-electron chi connectivity index (χ3n) is 3.11. The Labute approximate surface area is 118 Å². The topological polar surface area (TPSA) is 37.4 Å². The summed E-state index contributed by atoms with van der Waals surface area (Å²) in [5.74, 6) is 0.852. The molecule has 0 bridgehead atoms. The van der Waals surface area contributed by atoms with E-state index in [9.17, 15) is 0 Å². The predicted molar refractivity (Wildman–Crippen MR) is 80.6 cm³/mol. The highest BCUT2D eigenvalue weighted by molar-refractivity contribution is 7.13. The maximum Gasteiger partial charge on any atom is 0.189 e. The van der Waals surface area contributed by atoms with E-state index in [1.54, 1.807) is 18.4 Å². The molecule has 102 valence electrons. The normalized spacial score (nSPS) is 12.2. The van der Waals surface area contributed by atoms with Crippen molar-refractivity contribution in [2.75, 3.05) is 26.1 Å². The number of aromatic nitrogens is 1. The number of thiazole rings is 1. The van der Waals surface area contributed by atoms with Crippen molar-refractivity contribution in [3.8, 4) is 5.75 Å². The van der Waals surface area contributed by atoms with Crippen LogP contribution in [0.1, 0.15) is 18.7 Å². The fraction of sp³-hybridized carbons (Fsp3) is 0.357. The molecule has 0 saturated heterocycles. The quantitative estimate of drug-likeness (QED) is 0.910. The Hall–Kier alpha value is -1.59. The number of methoxy groups -OCH3 is 1. The lowest BCUT2D eigenvalue weighted by molar-refractivity contribution is 0.415. The summed E-state index contributed by atoms with van der Waals surface area (Å²) in [6, 6.07) is 8.24. The zero-order valence-corrected chi connectivity index (χ0v) is 12.5. The first-order valence-corrected chi connectivity index (χ1v) is 7.04. The number of rotatable bonds is 5. The number of anilines is 2. The van der Waals surface area contributed by atoms with E-state index in [4.69, 9.17) is 4.74 Å². The lowest BCUT2D eigenvalue weighted by atomic mass is 10.3. The van der Waals surface area contributed by atoms with Crippen molar-refractivity contribution in [1.29, 1.82) is 0 Å². The van der Waals surface area contributed by atoms with Crippen molar-refractivity contribution < 1.29 is 4.74 Å². The highest BCUT2D eigenvalue weighted by Gasteiger charge is 2.12. The number of hydrogen-bond donors (Lipinski definition) is 1. The molecule has 5 heteroatoms. The SMILES string of the molecule is CNC(C)c1csc(N(C)c2cccc(OC)c2)n1. The molecule has 2 aromatic rings. The molecule has 0 aliphatic carbocycles. The standard InChI is InChI=1S/C14H19N3OS/c1-10(15-2)13-9-19-14(16-13)17(3)11-6-5-7-12(8-11)18-4/h5-10,15H,1-4H3. The highest BCUT2D eigenvalue weighted by Crippen LogP contribution is 2.30. The minimum Gasteiger partial charge on any atom is -0.497 e. The van der Waals surface area contributed by atoms with Gasteiger partial charge >= 0.3 is 0 Å². The van der Waals surface area contributed by atoms with Crippen LogP contribution in [0.15, 0.2) is 29.6 Å². The molecule has 0 spiro atoms. The number of ether oxygens (including phenoxy) is 1. The van der Waals surface area contributed by atoms with Crippen LogP contribution in [0.3, 0.4) is 0 Å². The molecule has 0 aliphatic heterocycles. The largest absolute Gasteiger partial charge is 0.497 e. The summed E-state index contributed by atoms with van der Waals surface area (Å²) in [6.07, 6.45) is 0. The van der Waals surface area contributed by atoms with Gasteiger partial charge in [0, 0.05) is 30.2 Å². The van der Waals surface area contributed by atoms with Crippen LogP contribution < -0.4 is 15.0 Å². The van der Waals surface area contributed by atoms with Gasteiger partial charge in [0.25, 0.3) is 0 Å². The minimum absolute atomic E-state index is 0.267. The van der Waals surface area contributed by atoms with Crippen LogP contribution >= 0.6 is 11.3 Å². The monoisotopic (exact) mass is 277 g/mol. The van der Waals surface area contributed by atoms with E-state index in [1.165, 1.54) is 0 Å². The van der Waals surface area contributed by atoms with Crippen molar-refractivity contribution in [2.45, 2.75) is 13.0 Å². The van der Waals surface area contributed by atoms with Crippen molar-refractivity contribution >= 4 is 22.2 Å². The van der Waals surface area contributed by atoms with Crippen LogP contribution in [0.25, 0.3) is 0 Å². The van der Waals surface area contributed by atoms with Gasteiger partial charge in [-0.25, -0.2) is 4.98 Å². The van der Waals surface area contributed by atoms with Crippen LogP contribution in [0, 0.1) is 0 Å². The first-order chi connectivity index (χ1) is 9.15. The van der Waals surface area contributed by atoms with E-state index < -0.39 is 0 Å². The average molecular weight is 277 g/mol. The third kappa shape index (κ3) is 3.05. The Morgan fingerprint density at radius 2 is 2.21 bits per heavy atom. The molecular formula is C14H19N3OS. The molecule has 0 fully saturated rings. The number of hydrogen-bond acceptors (Lipinski definition) is 5. The maximum absolute atomic E-state index is 5.25. The number of benzene rings is 1. The Morgan fingerprint density at radius 1 is 1.42 bits per heavy atom. The smallest absolute Gasteiger partial charge is 0.189 e. The summed E-state index contributed by atoms with van der Waals surface area (Å²) < 4.78 is 5.25. The van der Waals surface area contributed by atoms with Crippen LogP contribution in [-0.4, -0.2) is 26.2 Å². The predicted octanol–water partition coefficient (Wildman–Crippen LogP) is 3.20. The van der Waals surface area contributed by atoms with Crippen LogP contribution in [0.5, 0.6) is 5.75 Å². The molecule has 2 rings (SSSR count). The van der Waals surface area contributed by atoms with E-state index in [-0.39, 0.29) is 6.04 Å². The second-order valence-electron chi connectivity index (χ2n) is 4.33. The lowest BCUT2D eigenvalue weighted by Crippen LogP contribution is -2.14. The van der Waals surface area contributed by atoms with E-state index in [1.807, 2.05) is 38.4 Å². The van der Waals surface area contributed by atoms with Crippen LogP contribution in [-0.2, 0) is 0 Å². The number of nitrogens with zero attached hydrogens (tertiary/aromatic N) is 2. The van der Waals surface area contributed by atoms with E-state index >= 15 is 0 Å². The lowest BCUT2D eigenvalue weighted by Gasteiger charge is -2.16. The molecular weight excluding hydrogens is 258 g/mol. The third-order valence-corrected chi connectivity index (χ3v) is 4.05. The molecule has 1 aromatic carbocycles. The van der Waals surface area contributed by atoms with Gasteiger partial charge < -0.3 is 15.0 Å². The number of nitrogens with one attached hydrogen (secondary N) is 1. The molecule has 1 unspecified atom stereocenters. The van der Waals surface area contributed by atoms with Crippen molar-refractivity contribution in [2.24, 2.45) is 0 Å². The van der Waals surface area contributed by atoms with Crippen molar-refractivity contribution in [3.63, 3.8) is 0 Å². The summed E-state index contributed by atoms with van der Waals surface area (Å²) >= 11 is 1.64. The van der Waals surface area contributed by atoms with Crippen molar-refractivity contribution in [1.82, 2.24) is 10.3 Å². The van der Waals surface area contributed by atoms with Gasteiger partial charge in [0.1, 0.15) is 5.75 Å². The van der Waals surface area contributed by atoms with Gasteiger partial charge in [0.15, 0.2) is 5.13 Å². The summed E-state index contributed by atoms with van der Waals surface area (Å²) in [4.78, 5) is 6.72. The first-order valence-electron chi connectivity index (χ1n) is 6.16. The van der Waals surface area contributed by atoms with E-state index in [0.717, 1.165) is 22.3 Å². The van der Waals surface area contributed by atoms with Gasteiger partial charge in [-0.15, -0.1) is 11.3 Å². The fourth-order valence-electron chi connectivity index (χ4n) is 1.71. The highest BCUT2D eigenvalue weighted by atomic mass is 32.1. The van der Waals surface area contributed by atoms with E-state index in [2.05, 4.69) is 27.5 Å². The molecule has 1 heterocycles. The fourth-order valence-corrected chi connectivity index (χ4v) is 2.61. The molecule has 0 saturated carbocycles. The Balaban J connectivity index is 2.23. The van der Waals surface area contributed by atoms with Crippen LogP contribution in [0.2, 0.25) is 0 Å². The van der Waals surface area contributed by atoms with Gasteiger partial charge in [0.2, 0.25) is 0 Å². The zero-order chi connectivity index (χ0) is 13.8. The summed E-state index contributed by atoms with van der Waals surface area (Å²) in [5, 5.41) is 6.26. The molecule has 0 radical (unpaired) electrons. The summed E-state index contributed by atoms with van der Waals surface area (Å²) in [7, 11) is 5.63. The van der Waals surface area contributed by atoms with Crippen LogP contribution in [0.4, 0.5) is 10.8 Å². The van der Waals surface area contributed by atoms with Gasteiger partial charge in [-0.05, 0) is 26.1 Å². The summed E-state index contributed by atoms with van der Waals surface area (Å²) in [5.41, 5.74) is 2.13. The zero-order valence-electron chi connectivity index (χ0n) is 11.7. The molecule has 0 amide bonds. The molecule has 4 nitrogen and oxygen atoms in total. The molecule has 19 heavy (non-hydrogen) atoms. The molecule has 1 atom stereocenters. The van der Waals surface area contributed by atoms with Gasteiger partial charge in [0.05, 0.1) is 12.8 Å². The Morgan fingerprint density at radius 3 is 2.89 bits per heavy atom. The Bertz CT molecular complexity index is 541. The van der Waals surface area contributed by atoms with Crippen molar-refractivity contribution in [3.05, 3.63) is 35.3 Å². The molecule has 1 aromatic heterocycles. The maximum atomic E-state index is 5.25. The van der Waals surface area contributed by atoms with Gasteiger partial charge in [-0.3, -0.25) is 0 Å². The first kappa shape index (κ1) is 13.8. The second kappa shape index (κ2) is 6.04. The van der Waals surface area contributed by atoms with E-state index in [0.29, 0.717) is 0 Å². The molecule has 1 N–H and O–H groups in total. The second-order valence-corrected chi connectivity index (χ2v) is 5.16. The average Bonchev–Trinajstić information content (AvgIpc) is 2.95. The molecule has 0 aliphatic rings. The van der Waals surface area contributed by atoms with Gasteiger partial charge in [-0.1, -0.05) is 6.07 Å². The summed E-state index contributed by atoms with van der Waals surface area (Å²) in [6.45, 7) is 2.10. The Kier molecular flexibility index (Phi) is 4.39. The van der Waals surface area contributed by atoms with Gasteiger partial charge in [-0.2, -0.15) is 0 Å².